The molecule has 0 aliphatic carbocycles. The van der Waals surface area contributed by atoms with Crippen LogP contribution in [0.25, 0.3) is 11.3 Å². The van der Waals surface area contributed by atoms with Crippen molar-refractivity contribution in [2.75, 3.05) is 19.6 Å². The molecule has 3 heterocycles. The number of H-pyrrole nitrogens is 1. The standard InChI is InChI=1S/C23H28N4OS/c1-16-7-8-17(2)20(11-16)22-19(13-25-26-22)15-27-9-3-5-18(14-27)12-24-23(28)21-6-4-10-29-21/h4,6-8,10-11,13,18H,3,5,9,12,14-15H2,1-2H3,(H,24,28)(H,25,26)/t18-/m0/s1. The molecular weight excluding hydrogens is 380 g/mol. The second kappa shape index (κ2) is 8.93. The van der Waals surface area contributed by atoms with Crippen LogP contribution in [0.15, 0.2) is 41.9 Å². The van der Waals surface area contributed by atoms with Gasteiger partial charge in [-0.2, -0.15) is 5.10 Å². The largest absolute Gasteiger partial charge is 0.351 e. The number of benzene rings is 1. The monoisotopic (exact) mass is 408 g/mol. The van der Waals surface area contributed by atoms with Gasteiger partial charge in [0, 0.05) is 30.8 Å². The van der Waals surface area contributed by atoms with Gasteiger partial charge in [0.05, 0.1) is 16.8 Å². The maximum Gasteiger partial charge on any atom is 0.261 e. The van der Waals surface area contributed by atoms with E-state index < -0.39 is 0 Å². The minimum Gasteiger partial charge on any atom is -0.351 e. The van der Waals surface area contributed by atoms with Gasteiger partial charge in [0.1, 0.15) is 0 Å². The number of piperidine rings is 1. The highest BCUT2D eigenvalue weighted by Gasteiger charge is 2.22. The van der Waals surface area contributed by atoms with E-state index in [9.17, 15) is 4.79 Å². The van der Waals surface area contributed by atoms with Crippen molar-refractivity contribution < 1.29 is 4.79 Å². The molecule has 0 unspecified atom stereocenters. The van der Waals surface area contributed by atoms with E-state index in [0.717, 1.165) is 49.6 Å². The van der Waals surface area contributed by atoms with Crippen molar-refractivity contribution in [3.05, 3.63) is 63.5 Å². The molecule has 0 saturated carbocycles. The molecule has 0 bridgehead atoms. The van der Waals surface area contributed by atoms with Gasteiger partial charge >= 0.3 is 0 Å². The van der Waals surface area contributed by atoms with Gasteiger partial charge < -0.3 is 5.32 Å². The molecule has 5 nitrogen and oxygen atoms in total. The lowest BCUT2D eigenvalue weighted by atomic mass is 9.96. The Morgan fingerprint density at radius 2 is 2.24 bits per heavy atom. The number of nitrogens with zero attached hydrogens (tertiary/aromatic N) is 2. The Morgan fingerprint density at radius 1 is 1.34 bits per heavy atom. The molecule has 0 spiro atoms. The molecule has 1 aliphatic rings. The summed E-state index contributed by atoms with van der Waals surface area (Å²) in [7, 11) is 0. The van der Waals surface area contributed by atoms with Gasteiger partial charge in [-0.3, -0.25) is 14.8 Å². The summed E-state index contributed by atoms with van der Waals surface area (Å²) in [6, 6.07) is 10.3. The first-order valence-corrected chi connectivity index (χ1v) is 11.1. The summed E-state index contributed by atoms with van der Waals surface area (Å²) in [4.78, 5) is 15.5. The van der Waals surface area contributed by atoms with Gasteiger partial charge in [-0.25, -0.2) is 0 Å². The summed E-state index contributed by atoms with van der Waals surface area (Å²) >= 11 is 1.49. The molecular formula is C23H28N4OS. The summed E-state index contributed by atoms with van der Waals surface area (Å²) in [6.07, 6.45) is 4.28. The van der Waals surface area contributed by atoms with Crippen LogP contribution in [0.5, 0.6) is 0 Å². The highest BCUT2D eigenvalue weighted by molar-refractivity contribution is 7.12. The fourth-order valence-corrected chi connectivity index (χ4v) is 4.74. The van der Waals surface area contributed by atoms with E-state index >= 15 is 0 Å². The van der Waals surface area contributed by atoms with Crippen LogP contribution in [-0.4, -0.2) is 40.6 Å². The van der Waals surface area contributed by atoms with E-state index in [2.05, 4.69) is 52.5 Å². The number of hydrogen-bond acceptors (Lipinski definition) is 4. The molecule has 2 N–H and O–H groups in total. The first kappa shape index (κ1) is 19.9. The fraction of sp³-hybridized carbons (Fsp3) is 0.391. The molecule has 1 atom stereocenters. The van der Waals surface area contributed by atoms with Gasteiger partial charge in [0.15, 0.2) is 0 Å². The maximum atomic E-state index is 12.2. The minimum absolute atomic E-state index is 0.0455. The molecule has 1 amide bonds. The van der Waals surface area contributed by atoms with Crippen molar-refractivity contribution in [3.63, 3.8) is 0 Å². The number of rotatable bonds is 6. The maximum absolute atomic E-state index is 12.2. The first-order chi connectivity index (χ1) is 14.1. The molecule has 4 rings (SSSR count). The number of aryl methyl sites for hydroxylation is 2. The summed E-state index contributed by atoms with van der Waals surface area (Å²) in [5, 5.41) is 12.6. The number of likely N-dealkylation sites (tertiary alicyclic amines) is 1. The van der Waals surface area contributed by atoms with Crippen LogP contribution < -0.4 is 5.32 Å². The normalized spacial score (nSPS) is 17.4. The van der Waals surface area contributed by atoms with Crippen LogP contribution in [0, 0.1) is 19.8 Å². The van der Waals surface area contributed by atoms with Crippen molar-refractivity contribution >= 4 is 17.2 Å². The van der Waals surface area contributed by atoms with Crippen molar-refractivity contribution in [2.45, 2.75) is 33.2 Å². The molecule has 6 heteroatoms. The van der Waals surface area contributed by atoms with Gasteiger partial charge in [-0.15, -0.1) is 11.3 Å². The van der Waals surface area contributed by atoms with E-state index in [4.69, 9.17) is 0 Å². The average Bonchev–Trinajstić information content (AvgIpc) is 3.41. The number of amides is 1. The summed E-state index contributed by atoms with van der Waals surface area (Å²) < 4.78 is 0. The molecule has 0 radical (unpaired) electrons. The van der Waals surface area contributed by atoms with E-state index in [1.165, 1.54) is 33.6 Å². The Bertz CT molecular complexity index is 963. The second-order valence-corrected chi connectivity index (χ2v) is 8.97. The SMILES string of the molecule is Cc1ccc(C)c(-c2[nH]ncc2CN2CCC[C@@H](CNC(=O)c3cccs3)C2)c1. The molecule has 2 aromatic heterocycles. The zero-order valence-electron chi connectivity index (χ0n) is 17.1. The topological polar surface area (TPSA) is 61.0 Å². The average molecular weight is 409 g/mol. The zero-order valence-corrected chi connectivity index (χ0v) is 17.9. The highest BCUT2D eigenvalue weighted by atomic mass is 32.1. The van der Waals surface area contributed by atoms with E-state index in [0.29, 0.717) is 5.92 Å². The first-order valence-electron chi connectivity index (χ1n) is 10.2. The Hall–Kier alpha value is -2.44. The number of nitrogens with one attached hydrogen (secondary N) is 2. The van der Waals surface area contributed by atoms with Crippen LogP contribution in [0.2, 0.25) is 0 Å². The number of aromatic nitrogens is 2. The van der Waals surface area contributed by atoms with Crippen LogP contribution >= 0.6 is 11.3 Å². The molecule has 1 saturated heterocycles. The predicted octanol–water partition coefficient (Wildman–Crippen LogP) is 4.40. The molecule has 3 aromatic rings. The quantitative estimate of drug-likeness (QED) is 0.636. The number of aromatic amines is 1. The number of carbonyl (C=O) groups excluding carboxylic acids is 1. The molecule has 1 aliphatic heterocycles. The van der Waals surface area contributed by atoms with Gasteiger partial charge in [-0.1, -0.05) is 23.8 Å². The molecule has 29 heavy (non-hydrogen) atoms. The molecule has 1 aromatic carbocycles. The third kappa shape index (κ3) is 4.77. The highest BCUT2D eigenvalue weighted by Crippen LogP contribution is 2.28. The fourth-order valence-electron chi connectivity index (χ4n) is 4.10. The third-order valence-electron chi connectivity index (χ3n) is 5.67. The Balaban J connectivity index is 1.38. The van der Waals surface area contributed by atoms with Gasteiger partial charge in [0.2, 0.25) is 0 Å². The Kier molecular flexibility index (Phi) is 6.11. The van der Waals surface area contributed by atoms with Crippen molar-refractivity contribution in [1.29, 1.82) is 0 Å². The second-order valence-electron chi connectivity index (χ2n) is 8.02. The summed E-state index contributed by atoms with van der Waals surface area (Å²) in [5.41, 5.74) is 6.11. The number of thiophene rings is 1. The molecule has 1 fully saturated rings. The predicted molar refractivity (Wildman–Crippen MR) is 118 cm³/mol. The van der Waals surface area contributed by atoms with Crippen LogP contribution in [-0.2, 0) is 6.54 Å². The van der Waals surface area contributed by atoms with E-state index in [-0.39, 0.29) is 5.91 Å². The van der Waals surface area contributed by atoms with Gasteiger partial charge in [0.25, 0.3) is 5.91 Å². The lowest BCUT2D eigenvalue weighted by Gasteiger charge is -2.32. The van der Waals surface area contributed by atoms with Crippen molar-refractivity contribution in [1.82, 2.24) is 20.4 Å². The van der Waals surface area contributed by atoms with Crippen molar-refractivity contribution in [3.8, 4) is 11.3 Å². The van der Waals surface area contributed by atoms with Crippen LogP contribution in [0.3, 0.4) is 0 Å². The number of carbonyl (C=O) groups is 1. The Labute approximate surface area is 176 Å². The lowest BCUT2D eigenvalue weighted by Crippen LogP contribution is -2.40. The lowest BCUT2D eigenvalue weighted by molar-refractivity contribution is 0.0934. The smallest absolute Gasteiger partial charge is 0.261 e. The third-order valence-corrected chi connectivity index (χ3v) is 6.54. The Morgan fingerprint density at radius 3 is 3.07 bits per heavy atom. The minimum atomic E-state index is 0.0455. The molecule has 152 valence electrons. The zero-order chi connectivity index (χ0) is 20.2. The summed E-state index contributed by atoms with van der Waals surface area (Å²) in [5.74, 6) is 0.535. The van der Waals surface area contributed by atoms with Crippen LogP contribution in [0.1, 0.15) is 39.2 Å². The van der Waals surface area contributed by atoms with Crippen LogP contribution in [0.4, 0.5) is 0 Å². The van der Waals surface area contributed by atoms with Crippen molar-refractivity contribution in [2.24, 2.45) is 5.92 Å². The summed E-state index contributed by atoms with van der Waals surface area (Å²) in [6.45, 7) is 7.98. The van der Waals surface area contributed by atoms with Gasteiger partial charge in [-0.05, 0) is 62.2 Å². The van der Waals surface area contributed by atoms with E-state index in [1.54, 1.807) is 0 Å². The number of hydrogen-bond donors (Lipinski definition) is 2. The van der Waals surface area contributed by atoms with E-state index in [1.807, 2.05) is 23.7 Å².